The maximum Gasteiger partial charge on any atom is 0.342 e. The van der Waals surface area contributed by atoms with Gasteiger partial charge < -0.3 is 9.29 Å². The normalized spacial score (nSPS) is 12.5. The molecule has 2 N–H and O–H groups in total. The lowest BCUT2D eigenvalue weighted by atomic mass is 10.3. The third kappa shape index (κ3) is 1.76. The first kappa shape index (κ1) is 9.87. The maximum atomic E-state index is 11.1. The van der Waals surface area contributed by atoms with E-state index in [1.807, 2.05) is 0 Å². The van der Waals surface area contributed by atoms with E-state index in [1.54, 1.807) is 6.92 Å². The number of hydrogen-bond donors (Lipinski definition) is 2. The summed E-state index contributed by atoms with van der Waals surface area (Å²) in [6.07, 6.45) is 0. The summed E-state index contributed by atoms with van der Waals surface area (Å²) >= 11 is -2.29. The van der Waals surface area contributed by atoms with Crippen molar-refractivity contribution >= 4 is 17.0 Å². The highest BCUT2D eigenvalue weighted by atomic mass is 32.2. The Morgan fingerprint density at radius 2 is 2.31 bits per heavy atom. The molecule has 0 spiro atoms. The van der Waals surface area contributed by atoms with Gasteiger partial charge in [0.2, 0.25) is 11.1 Å². The van der Waals surface area contributed by atoms with Gasteiger partial charge in [0.1, 0.15) is 5.56 Å². The zero-order valence-corrected chi connectivity index (χ0v) is 7.84. The molecular weight excluding hydrogens is 196 g/mol. The zero-order chi connectivity index (χ0) is 10.0. The van der Waals surface area contributed by atoms with Crippen LogP contribution in [-0.4, -0.2) is 32.0 Å². The van der Waals surface area contributed by atoms with Gasteiger partial charge in [0, 0.05) is 5.69 Å². The molecule has 1 rings (SSSR count). The Balaban J connectivity index is 3.24. The van der Waals surface area contributed by atoms with Gasteiger partial charge in [-0.05, 0) is 6.92 Å². The lowest BCUT2D eigenvalue weighted by Crippen LogP contribution is -2.06. The molecular formula is C6H8N2O4S. The van der Waals surface area contributed by atoms with Crippen LogP contribution < -0.4 is 0 Å². The number of nitrogens with one attached hydrogen (secondary N) is 1. The third-order valence-electron chi connectivity index (χ3n) is 1.47. The summed E-state index contributed by atoms with van der Waals surface area (Å²) in [5, 5.41) is 5.73. The molecule has 0 radical (unpaired) electrons. The van der Waals surface area contributed by atoms with Crippen LogP contribution in [0.15, 0.2) is 5.03 Å². The van der Waals surface area contributed by atoms with E-state index >= 15 is 0 Å². The van der Waals surface area contributed by atoms with Gasteiger partial charge in [-0.2, -0.15) is 5.10 Å². The predicted molar refractivity (Wildman–Crippen MR) is 43.7 cm³/mol. The van der Waals surface area contributed by atoms with Crippen LogP contribution in [-0.2, 0) is 15.8 Å². The van der Waals surface area contributed by atoms with E-state index in [-0.39, 0.29) is 10.6 Å². The maximum absolute atomic E-state index is 11.1. The van der Waals surface area contributed by atoms with Crippen LogP contribution in [0.3, 0.4) is 0 Å². The Morgan fingerprint density at radius 1 is 1.69 bits per heavy atom. The molecule has 1 atom stereocenters. The van der Waals surface area contributed by atoms with Crippen molar-refractivity contribution < 1.29 is 18.3 Å². The highest BCUT2D eigenvalue weighted by molar-refractivity contribution is 7.79. The average molecular weight is 204 g/mol. The number of aromatic amines is 1. The van der Waals surface area contributed by atoms with Gasteiger partial charge in [-0.1, -0.05) is 0 Å². The molecule has 0 aliphatic heterocycles. The number of nitrogens with zero attached hydrogens (tertiary/aromatic N) is 1. The van der Waals surface area contributed by atoms with Crippen molar-refractivity contribution in [1.82, 2.24) is 10.2 Å². The molecule has 6 nitrogen and oxygen atoms in total. The molecule has 0 saturated heterocycles. The summed E-state index contributed by atoms with van der Waals surface area (Å²) < 4.78 is 23.8. The van der Waals surface area contributed by atoms with E-state index in [0.29, 0.717) is 5.69 Å². The highest BCUT2D eigenvalue weighted by Crippen LogP contribution is 2.14. The number of hydrogen-bond acceptors (Lipinski definition) is 4. The number of aryl methyl sites for hydroxylation is 1. The Labute approximate surface area is 76.6 Å². The average Bonchev–Trinajstić information content (AvgIpc) is 2.46. The number of ether oxygens (including phenoxy) is 1. The van der Waals surface area contributed by atoms with E-state index < -0.39 is 17.0 Å². The van der Waals surface area contributed by atoms with Gasteiger partial charge >= 0.3 is 5.97 Å². The first-order valence-corrected chi connectivity index (χ1v) is 4.42. The molecule has 0 saturated carbocycles. The van der Waals surface area contributed by atoms with Crippen LogP contribution in [0.25, 0.3) is 0 Å². The minimum atomic E-state index is -2.29. The number of carbonyl (C=O) groups is 1. The second-order valence-electron chi connectivity index (χ2n) is 2.27. The second kappa shape index (κ2) is 3.67. The summed E-state index contributed by atoms with van der Waals surface area (Å²) in [4.78, 5) is 11.1. The van der Waals surface area contributed by atoms with E-state index in [0.717, 1.165) is 0 Å². The Morgan fingerprint density at radius 3 is 2.77 bits per heavy atom. The largest absolute Gasteiger partial charge is 0.465 e. The molecule has 1 aromatic rings. The molecule has 0 aliphatic rings. The minimum Gasteiger partial charge on any atom is -0.465 e. The van der Waals surface area contributed by atoms with E-state index in [4.69, 9.17) is 4.55 Å². The fourth-order valence-corrected chi connectivity index (χ4v) is 1.41. The summed E-state index contributed by atoms with van der Waals surface area (Å²) in [5.74, 6) is -0.677. The lowest BCUT2D eigenvalue weighted by molar-refractivity contribution is 0.0595. The van der Waals surface area contributed by atoms with Crippen molar-refractivity contribution in [2.45, 2.75) is 11.9 Å². The van der Waals surface area contributed by atoms with Crippen LogP contribution in [0.5, 0.6) is 0 Å². The molecule has 7 heteroatoms. The van der Waals surface area contributed by atoms with Crippen LogP contribution >= 0.6 is 0 Å². The number of H-pyrrole nitrogens is 1. The molecule has 0 fully saturated rings. The lowest BCUT2D eigenvalue weighted by Gasteiger charge is -1.97. The van der Waals surface area contributed by atoms with Crippen LogP contribution in [0.2, 0.25) is 0 Å². The number of carbonyl (C=O) groups excluding carboxylic acids is 1. The molecule has 13 heavy (non-hydrogen) atoms. The molecule has 1 heterocycles. The van der Waals surface area contributed by atoms with Gasteiger partial charge in [0.05, 0.1) is 7.11 Å². The van der Waals surface area contributed by atoms with Crippen molar-refractivity contribution in [2.24, 2.45) is 0 Å². The first-order chi connectivity index (χ1) is 6.07. The smallest absolute Gasteiger partial charge is 0.342 e. The molecule has 0 amide bonds. The van der Waals surface area contributed by atoms with Crippen molar-refractivity contribution in [3.63, 3.8) is 0 Å². The van der Waals surface area contributed by atoms with Gasteiger partial charge in [-0.3, -0.25) is 5.10 Å². The number of methoxy groups -OCH3 is 1. The Kier molecular flexibility index (Phi) is 2.79. The SMILES string of the molecule is COC(=O)c1c(S(=O)O)n[nH]c1C. The van der Waals surface area contributed by atoms with Gasteiger partial charge in [0.15, 0.2) is 5.03 Å². The summed E-state index contributed by atoms with van der Waals surface area (Å²) in [5.41, 5.74) is 0.424. The van der Waals surface area contributed by atoms with Crippen molar-refractivity contribution in [3.05, 3.63) is 11.3 Å². The summed E-state index contributed by atoms with van der Waals surface area (Å²) in [6.45, 7) is 1.57. The van der Waals surface area contributed by atoms with Gasteiger partial charge in [-0.25, -0.2) is 9.00 Å². The van der Waals surface area contributed by atoms with E-state index in [2.05, 4.69) is 14.9 Å². The first-order valence-electron chi connectivity index (χ1n) is 3.32. The van der Waals surface area contributed by atoms with Gasteiger partial charge in [0.25, 0.3) is 0 Å². The van der Waals surface area contributed by atoms with Crippen molar-refractivity contribution in [1.29, 1.82) is 0 Å². The van der Waals surface area contributed by atoms with Gasteiger partial charge in [-0.15, -0.1) is 0 Å². The fourth-order valence-electron chi connectivity index (χ4n) is 0.876. The Hall–Kier alpha value is -1.21. The fraction of sp³-hybridized carbons (Fsp3) is 0.333. The predicted octanol–water partition coefficient (Wildman–Crippen LogP) is 0.0853. The van der Waals surface area contributed by atoms with Crippen LogP contribution in [0.1, 0.15) is 16.1 Å². The molecule has 1 aromatic heterocycles. The molecule has 1 unspecified atom stereocenters. The highest BCUT2D eigenvalue weighted by Gasteiger charge is 2.21. The Bertz CT molecular complexity index is 360. The zero-order valence-electron chi connectivity index (χ0n) is 7.03. The van der Waals surface area contributed by atoms with E-state index in [9.17, 15) is 9.00 Å². The summed E-state index contributed by atoms with van der Waals surface area (Å²) in [6, 6.07) is 0. The monoisotopic (exact) mass is 204 g/mol. The molecule has 0 aromatic carbocycles. The van der Waals surface area contributed by atoms with Crippen LogP contribution in [0, 0.1) is 6.92 Å². The van der Waals surface area contributed by atoms with E-state index in [1.165, 1.54) is 7.11 Å². The molecule has 0 bridgehead atoms. The number of aromatic nitrogens is 2. The molecule has 0 aliphatic carbocycles. The quantitative estimate of drug-likeness (QED) is 0.526. The number of esters is 1. The van der Waals surface area contributed by atoms with Crippen LogP contribution in [0.4, 0.5) is 0 Å². The second-order valence-corrected chi connectivity index (χ2v) is 3.15. The third-order valence-corrected chi connectivity index (χ3v) is 2.10. The standard InChI is InChI=1S/C6H8N2O4S/c1-3-4(6(9)12-2)5(8-7-3)13(10)11/h1-2H3,(H,7,8)(H,10,11). The van der Waals surface area contributed by atoms with Crippen molar-refractivity contribution in [3.8, 4) is 0 Å². The molecule has 72 valence electrons. The summed E-state index contributed by atoms with van der Waals surface area (Å²) in [7, 11) is 1.19. The topological polar surface area (TPSA) is 92.3 Å². The number of rotatable bonds is 2. The van der Waals surface area contributed by atoms with Crippen molar-refractivity contribution in [2.75, 3.05) is 7.11 Å². The minimum absolute atomic E-state index is 0.0170.